The van der Waals surface area contributed by atoms with Gasteiger partial charge in [0.05, 0.1) is 0 Å². The first-order chi connectivity index (χ1) is 4.96. The number of alkyl halides is 6. The van der Waals surface area contributed by atoms with E-state index < -0.39 is 22.0 Å². The largest absolute Gasteiger partial charge is 0.537 e. The second kappa shape index (κ2) is 4.10. The maximum Gasteiger partial charge on any atom is 0.537 e. The molecular weight excluding hydrogens is 283 g/mol. The SMILES string of the molecule is O=S(=O)(OC(F)(F)F)C(F)(F)F.[Zn]. The van der Waals surface area contributed by atoms with Gasteiger partial charge in [0, 0.05) is 19.5 Å². The van der Waals surface area contributed by atoms with Crippen molar-refractivity contribution in [2.75, 3.05) is 0 Å². The van der Waals surface area contributed by atoms with Crippen molar-refractivity contribution >= 4 is 10.1 Å². The minimum absolute atomic E-state index is 0. The Morgan fingerprint density at radius 2 is 1.23 bits per heavy atom. The molecule has 0 aromatic rings. The van der Waals surface area contributed by atoms with Crippen LogP contribution in [-0.4, -0.2) is 20.3 Å². The second-order valence-electron chi connectivity index (χ2n) is 1.43. The first-order valence-electron chi connectivity index (χ1n) is 2.04. The Labute approximate surface area is 80.9 Å². The molecule has 0 saturated carbocycles. The molecule has 0 fully saturated rings. The summed E-state index contributed by atoms with van der Waals surface area (Å²) in [6.45, 7) is 0. The molecule has 11 heteroatoms. The molecule has 0 saturated heterocycles. The van der Waals surface area contributed by atoms with Crippen LogP contribution >= 0.6 is 0 Å². The van der Waals surface area contributed by atoms with Crippen LogP contribution in [0.3, 0.4) is 0 Å². The van der Waals surface area contributed by atoms with Crippen molar-refractivity contribution in [3.8, 4) is 0 Å². The smallest absolute Gasteiger partial charge is 0.189 e. The van der Waals surface area contributed by atoms with Gasteiger partial charge < -0.3 is 0 Å². The molecule has 0 aromatic carbocycles. The van der Waals surface area contributed by atoms with Gasteiger partial charge in [0.15, 0.2) is 0 Å². The van der Waals surface area contributed by atoms with E-state index in [9.17, 15) is 34.8 Å². The van der Waals surface area contributed by atoms with E-state index in [1.165, 1.54) is 0 Å². The van der Waals surface area contributed by atoms with Gasteiger partial charge >= 0.3 is 22.0 Å². The van der Waals surface area contributed by atoms with Gasteiger partial charge in [0.2, 0.25) is 0 Å². The molecule has 0 spiro atoms. The van der Waals surface area contributed by atoms with Crippen LogP contribution < -0.4 is 0 Å². The fourth-order valence-electron chi connectivity index (χ4n) is 0.172. The molecule has 0 heterocycles. The summed E-state index contributed by atoms with van der Waals surface area (Å²) in [5, 5.41) is 0. The van der Waals surface area contributed by atoms with Crippen molar-refractivity contribution in [3.05, 3.63) is 0 Å². The van der Waals surface area contributed by atoms with E-state index in [0.29, 0.717) is 0 Å². The van der Waals surface area contributed by atoms with E-state index >= 15 is 0 Å². The van der Waals surface area contributed by atoms with Crippen molar-refractivity contribution in [1.82, 2.24) is 0 Å². The fraction of sp³-hybridized carbons (Fsp3) is 1.00. The van der Waals surface area contributed by atoms with Crippen LogP contribution in [0.1, 0.15) is 0 Å². The summed E-state index contributed by atoms with van der Waals surface area (Å²) < 4.78 is 87.4. The molecule has 76 valence electrons. The summed E-state index contributed by atoms with van der Waals surface area (Å²) in [4.78, 5) is 0. The van der Waals surface area contributed by atoms with Gasteiger partial charge in [-0.25, -0.2) is 0 Å². The van der Waals surface area contributed by atoms with Crippen LogP contribution in [0.25, 0.3) is 0 Å². The zero-order valence-corrected chi connectivity index (χ0v) is 9.39. The van der Waals surface area contributed by atoms with Crippen molar-refractivity contribution < 1.29 is 58.4 Å². The predicted molar refractivity (Wildman–Crippen MR) is 22.1 cm³/mol. The molecule has 0 aliphatic heterocycles. The Hall–Kier alpha value is 0.113. The normalized spacial score (nSPS) is 13.7. The molecule has 0 rings (SSSR count). The molecule has 0 bridgehead atoms. The van der Waals surface area contributed by atoms with Crippen molar-refractivity contribution in [1.29, 1.82) is 0 Å². The second-order valence-corrected chi connectivity index (χ2v) is 2.97. The summed E-state index contributed by atoms with van der Waals surface area (Å²) in [6, 6.07) is 0. The number of hydrogen-bond acceptors (Lipinski definition) is 3. The molecule has 0 radical (unpaired) electrons. The van der Waals surface area contributed by atoms with E-state index in [0.717, 1.165) is 0 Å². The maximum absolute atomic E-state index is 11.2. The third-order valence-corrected chi connectivity index (χ3v) is 1.46. The Kier molecular flexibility index (Phi) is 4.91. The zero-order chi connectivity index (χ0) is 10.2. The average molecular weight is 283 g/mol. The Morgan fingerprint density at radius 3 is 1.31 bits per heavy atom. The molecule has 0 aliphatic carbocycles. The monoisotopic (exact) mass is 282 g/mol. The third kappa shape index (κ3) is 5.42. The first-order valence-corrected chi connectivity index (χ1v) is 3.45. The van der Waals surface area contributed by atoms with Gasteiger partial charge in [-0.1, -0.05) is 0 Å². The quantitative estimate of drug-likeness (QED) is 0.316. The number of rotatable bonds is 1. The predicted octanol–water partition coefficient (Wildman–Crippen LogP) is 1.37. The van der Waals surface area contributed by atoms with Crippen LogP contribution in [0.5, 0.6) is 0 Å². The molecule has 13 heavy (non-hydrogen) atoms. The van der Waals surface area contributed by atoms with Crippen molar-refractivity contribution in [2.45, 2.75) is 11.9 Å². The fourth-order valence-corrected chi connectivity index (χ4v) is 0.515. The Balaban J connectivity index is 0. The third-order valence-electron chi connectivity index (χ3n) is 0.488. The molecule has 0 atom stereocenters. The van der Waals surface area contributed by atoms with Gasteiger partial charge in [0.25, 0.3) is 0 Å². The van der Waals surface area contributed by atoms with Crippen molar-refractivity contribution in [2.24, 2.45) is 0 Å². The van der Waals surface area contributed by atoms with E-state index in [-0.39, 0.29) is 19.5 Å². The van der Waals surface area contributed by atoms with Crippen molar-refractivity contribution in [3.63, 3.8) is 0 Å². The average Bonchev–Trinajstić information content (AvgIpc) is 1.52. The molecule has 0 unspecified atom stereocenters. The van der Waals surface area contributed by atoms with Crippen LogP contribution in [0.4, 0.5) is 26.3 Å². The van der Waals surface area contributed by atoms with Crippen LogP contribution in [0.2, 0.25) is 0 Å². The number of hydrogen-bond donors (Lipinski definition) is 0. The minimum Gasteiger partial charge on any atom is -0.189 e. The molecule has 0 aliphatic rings. The Bertz CT molecular complexity index is 250. The summed E-state index contributed by atoms with van der Waals surface area (Å²) in [7, 11) is -6.58. The summed E-state index contributed by atoms with van der Waals surface area (Å²) >= 11 is 0. The summed E-state index contributed by atoms with van der Waals surface area (Å²) in [6.07, 6.45) is -5.87. The van der Waals surface area contributed by atoms with Crippen LogP contribution in [-0.2, 0) is 33.8 Å². The maximum atomic E-state index is 11.2. The topological polar surface area (TPSA) is 43.4 Å². The standard InChI is InChI=1S/C2F6O3S.Zn/c3-1(4,5)11-12(9,10)2(6,7)8;. The van der Waals surface area contributed by atoms with Crippen LogP contribution in [0.15, 0.2) is 0 Å². The van der Waals surface area contributed by atoms with Crippen LogP contribution in [0, 0.1) is 0 Å². The van der Waals surface area contributed by atoms with Gasteiger partial charge in [-0.15, -0.1) is 13.2 Å². The molecule has 0 amide bonds. The van der Waals surface area contributed by atoms with Gasteiger partial charge in [0.1, 0.15) is 0 Å². The first kappa shape index (κ1) is 15.6. The molecule has 0 N–H and O–H groups in total. The summed E-state index contributed by atoms with van der Waals surface area (Å²) in [5.74, 6) is 0. The van der Waals surface area contributed by atoms with Gasteiger partial charge in [-0.05, 0) is 0 Å². The molecule has 0 aromatic heterocycles. The van der Waals surface area contributed by atoms with E-state index in [2.05, 4.69) is 0 Å². The van der Waals surface area contributed by atoms with E-state index in [4.69, 9.17) is 0 Å². The molecular formula is C2F6O3SZn. The number of halogens is 6. The van der Waals surface area contributed by atoms with E-state index in [1.54, 1.807) is 0 Å². The van der Waals surface area contributed by atoms with Gasteiger partial charge in [-0.2, -0.15) is 25.8 Å². The van der Waals surface area contributed by atoms with E-state index in [1.807, 2.05) is 4.18 Å². The Morgan fingerprint density at radius 1 is 0.923 bits per heavy atom. The minimum atomic E-state index is -6.58. The zero-order valence-electron chi connectivity index (χ0n) is 5.61. The molecule has 3 nitrogen and oxygen atoms in total. The van der Waals surface area contributed by atoms with Gasteiger partial charge in [-0.3, -0.25) is 0 Å². The summed E-state index contributed by atoms with van der Waals surface area (Å²) in [5.41, 5.74) is -6.07.